The largest absolute Gasteiger partial charge is 0.497 e. The number of carbonyl (C=O) groups is 2. The number of nitrogens with one attached hydrogen (secondary N) is 2. The summed E-state index contributed by atoms with van der Waals surface area (Å²) in [5.41, 5.74) is 1.24. The molecule has 0 aliphatic rings. The molecule has 0 aliphatic heterocycles. The minimum absolute atomic E-state index is 0.156. The maximum absolute atomic E-state index is 12.3. The van der Waals surface area contributed by atoms with Crippen LogP contribution in [-0.4, -0.2) is 39.4 Å². The fourth-order valence-electron chi connectivity index (χ4n) is 2.53. The van der Waals surface area contributed by atoms with Gasteiger partial charge in [0.2, 0.25) is 5.91 Å². The molecule has 8 nitrogen and oxygen atoms in total. The highest BCUT2D eigenvalue weighted by Crippen LogP contribution is 2.19. The summed E-state index contributed by atoms with van der Waals surface area (Å²) in [5, 5.41) is 14.4. The third-order valence-corrected chi connectivity index (χ3v) is 5.87. The Balaban J connectivity index is 1.51. The summed E-state index contributed by atoms with van der Waals surface area (Å²) in [6.07, 6.45) is 0. The standard InChI is InChI=1S/C20H20BrN5O3S/c1-26-17(11-22-19(28)15-5-3-4-6-16(15)21)24-25-20(26)30-12-18(27)23-13-7-9-14(29-2)10-8-13/h3-10H,11-12H2,1-2H3,(H,22,28)(H,23,27). The van der Waals surface area contributed by atoms with Crippen molar-refractivity contribution in [2.45, 2.75) is 11.7 Å². The van der Waals surface area contributed by atoms with Gasteiger partial charge in [-0.15, -0.1) is 10.2 Å². The quantitative estimate of drug-likeness (QED) is 0.471. The number of nitrogens with zero attached hydrogens (tertiary/aromatic N) is 3. The van der Waals surface area contributed by atoms with E-state index in [1.807, 2.05) is 12.1 Å². The van der Waals surface area contributed by atoms with Crippen molar-refractivity contribution in [2.24, 2.45) is 7.05 Å². The Kier molecular flexibility index (Phi) is 7.47. The predicted molar refractivity (Wildman–Crippen MR) is 119 cm³/mol. The van der Waals surface area contributed by atoms with Crippen LogP contribution in [0.1, 0.15) is 16.2 Å². The lowest BCUT2D eigenvalue weighted by molar-refractivity contribution is -0.113. The first-order chi connectivity index (χ1) is 14.5. The van der Waals surface area contributed by atoms with Crippen LogP contribution in [0.15, 0.2) is 58.2 Å². The number of halogens is 1. The lowest BCUT2D eigenvalue weighted by Crippen LogP contribution is -2.24. The van der Waals surface area contributed by atoms with Crippen LogP contribution in [0.2, 0.25) is 0 Å². The number of anilines is 1. The first-order valence-electron chi connectivity index (χ1n) is 8.95. The third-order valence-electron chi connectivity index (χ3n) is 4.16. The van der Waals surface area contributed by atoms with Crippen molar-refractivity contribution in [3.8, 4) is 5.75 Å². The summed E-state index contributed by atoms with van der Waals surface area (Å²) >= 11 is 4.63. The fourth-order valence-corrected chi connectivity index (χ4v) is 3.72. The summed E-state index contributed by atoms with van der Waals surface area (Å²) in [6.45, 7) is 0.224. The van der Waals surface area contributed by atoms with E-state index in [1.165, 1.54) is 11.8 Å². The molecule has 2 amide bonds. The number of hydrogen-bond donors (Lipinski definition) is 2. The van der Waals surface area contributed by atoms with E-state index in [0.29, 0.717) is 22.2 Å². The van der Waals surface area contributed by atoms with Gasteiger partial charge in [-0.1, -0.05) is 23.9 Å². The number of aromatic nitrogens is 3. The number of benzene rings is 2. The Hall–Kier alpha value is -2.85. The molecule has 0 aliphatic carbocycles. The summed E-state index contributed by atoms with van der Waals surface area (Å²) in [4.78, 5) is 24.5. The summed E-state index contributed by atoms with van der Waals surface area (Å²) in [7, 11) is 3.38. The lowest BCUT2D eigenvalue weighted by atomic mass is 10.2. The van der Waals surface area contributed by atoms with Crippen molar-refractivity contribution in [2.75, 3.05) is 18.2 Å². The van der Waals surface area contributed by atoms with Crippen molar-refractivity contribution in [1.82, 2.24) is 20.1 Å². The molecular formula is C20H20BrN5O3S. The van der Waals surface area contributed by atoms with Gasteiger partial charge < -0.3 is 19.9 Å². The first-order valence-corrected chi connectivity index (χ1v) is 10.7. The second-order valence-corrected chi connectivity index (χ2v) is 7.98. The molecule has 1 heterocycles. The number of amides is 2. The highest BCUT2D eigenvalue weighted by atomic mass is 79.9. The molecule has 2 aromatic carbocycles. The molecule has 0 saturated carbocycles. The van der Waals surface area contributed by atoms with E-state index < -0.39 is 0 Å². The molecule has 3 rings (SSSR count). The van der Waals surface area contributed by atoms with Gasteiger partial charge in [0.25, 0.3) is 5.91 Å². The molecule has 156 valence electrons. The smallest absolute Gasteiger partial charge is 0.252 e. The maximum Gasteiger partial charge on any atom is 0.252 e. The SMILES string of the molecule is COc1ccc(NC(=O)CSc2nnc(CNC(=O)c3ccccc3Br)n2C)cc1. The van der Waals surface area contributed by atoms with Gasteiger partial charge in [-0.05, 0) is 52.3 Å². The Bertz CT molecular complexity index is 1040. The minimum Gasteiger partial charge on any atom is -0.497 e. The van der Waals surface area contributed by atoms with Crippen LogP contribution in [0.3, 0.4) is 0 Å². The van der Waals surface area contributed by atoms with Gasteiger partial charge in [0.15, 0.2) is 11.0 Å². The molecule has 30 heavy (non-hydrogen) atoms. The van der Waals surface area contributed by atoms with Gasteiger partial charge in [0.1, 0.15) is 5.75 Å². The van der Waals surface area contributed by atoms with Crippen LogP contribution in [0.5, 0.6) is 5.75 Å². The number of carbonyl (C=O) groups excluding carboxylic acids is 2. The van der Waals surface area contributed by atoms with Crippen molar-refractivity contribution in [1.29, 1.82) is 0 Å². The molecule has 0 bridgehead atoms. The molecule has 3 aromatic rings. The van der Waals surface area contributed by atoms with Crippen LogP contribution < -0.4 is 15.4 Å². The van der Waals surface area contributed by atoms with E-state index in [-0.39, 0.29) is 24.1 Å². The Morgan fingerprint density at radius 1 is 1.13 bits per heavy atom. The van der Waals surface area contributed by atoms with E-state index in [9.17, 15) is 9.59 Å². The van der Waals surface area contributed by atoms with Gasteiger partial charge in [-0.25, -0.2) is 0 Å². The van der Waals surface area contributed by atoms with Gasteiger partial charge in [-0.2, -0.15) is 0 Å². The van der Waals surface area contributed by atoms with E-state index in [0.717, 1.165) is 10.2 Å². The Morgan fingerprint density at radius 2 is 1.87 bits per heavy atom. The highest BCUT2D eigenvalue weighted by molar-refractivity contribution is 9.10. The molecule has 10 heteroatoms. The average Bonchev–Trinajstić information content (AvgIpc) is 3.11. The first kappa shape index (κ1) is 21.8. The number of methoxy groups -OCH3 is 1. The molecule has 0 saturated heterocycles. The van der Waals surface area contributed by atoms with Gasteiger partial charge >= 0.3 is 0 Å². The van der Waals surface area contributed by atoms with E-state index in [2.05, 4.69) is 36.8 Å². The molecule has 0 radical (unpaired) electrons. The summed E-state index contributed by atoms with van der Waals surface area (Å²) in [5.74, 6) is 1.13. The lowest BCUT2D eigenvalue weighted by Gasteiger charge is -2.08. The van der Waals surface area contributed by atoms with Crippen LogP contribution in [0, 0.1) is 0 Å². The van der Waals surface area contributed by atoms with Crippen LogP contribution in [0.4, 0.5) is 5.69 Å². The fraction of sp³-hybridized carbons (Fsp3) is 0.200. The van der Waals surface area contributed by atoms with Crippen molar-refractivity contribution in [3.05, 3.63) is 64.4 Å². The molecule has 0 unspecified atom stereocenters. The zero-order valence-electron chi connectivity index (χ0n) is 16.4. The maximum atomic E-state index is 12.3. The van der Waals surface area contributed by atoms with Crippen molar-refractivity contribution in [3.63, 3.8) is 0 Å². The van der Waals surface area contributed by atoms with Crippen LogP contribution in [-0.2, 0) is 18.4 Å². The number of ether oxygens (including phenoxy) is 1. The number of hydrogen-bond acceptors (Lipinski definition) is 6. The topological polar surface area (TPSA) is 98.1 Å². The van der Waals surface area contributed by atoms with Gasteiger partial charge in [-0.3, -0.25) is 9.59 Å². The normalized spacial score (nSPS) is 10.5. The van der Waals surface area contributed by atoms with Crippen molar-refractivity contribution >= 4 is 45.2 Å². The summed E-state index contributed by atoms with van der Waals surface area (Å²) in [6, 6.07) is 14.3. The minimum atomic E-state index is -0.210. The average molecular weight is 490 g/mol. The Labute approximate surface area is 186 Å². The monoisotopic (exact) mass is 489 g/mol. The van der Waals surface area contributed by atoms with E-state index >= 15 is 0 Å². The second kappa shape index (κ2) is 10.3. The van der Waals surface area contributed by atoms with Crippen LogP contribution >= 0.6 is 27.7 Å². The van der Waals surface area contributed by atoms with Crippen molar-refractivity contribution < 1.29 is 14.3 Å². The molecule has 1 aromatic heterocycles. The Morgan fingerprint density at radius 3 is 2.57 bits per heavy atom. The van der Waals surface area contributed by atoms with E-state index in [4.69, 9.17) is 4.74 Å². The molecule has 0 atom stereocenters. The van der Waals surface area contributed by atoms with Gasteiger partial charge in [0.05, 0.1) is 25.0 Å². The van der Waals surface area contributed by atoms with Crippen LogP contribution in [0.25, 0.3) is 0 Å². The highest BCUT2D eigenvalue weighted by Gasteiger charge is 2.14. The molecule has 0 spiro atoms. The zero-order chi connectivity index (χ0) is 21.5. The number of rotatable bonds is 8. The van der Waals surface area contributed by atoms with Gasteiger partial charge in [0, 0.05) is 17.2 Å². The molecular weight excluding hydrogens is 470 g/mol. The predicted octanol–water partition coefficient (Wildman–Crippen LogP) is 3.25. The third kappa shape index (κ3) is 5.61. The number of thioether (sulfide) groups is 1. The summed E-state index contributed by atoms with van der Waals surface area (Å²) < 4.78 is 7.57. The molecule has 2 N–H and O–H groups in total. The zero-order valence-corrected chi connectivity index (χ0v) is 18.8. The molecule has 0 fully saturated rings. The van der Waals surface area contributed by atoms with E-state index in [1.54, 1.807) is 55.1 Å². The second-order valence-electron chi connectivity index (χ2n) is 6.19.